The molecule has 1 aromatic heterocycles. The standard InChI is InChI=1S/C27H39N5O4/c1-17(20-8-6-13-32(20)2)36-23-15-22(29-18-10-14-35-16-18)30-26(31-23)24(34)19-7-5-12-27(25(19)28)11-4-3-9-21(27)33/h15,17-18,20,28,34H,3-14,16H2,1-2H3,(H,29,30,31)/b24-19-,28-25?/t17-,18-,20-,27+/m0/s1. The molecule has 0 aromatic carbocycles. The first-order valence-corrected chi connectivity index (χ1v) is 13.5. The zero-order valence-corrected chi connectivity index (χ0v) is 21.5. The lowest BCUT2D eigenvalue weighted by Gasteiger charge is -2.40. The smallest absolute Gasteiger partial charge is 0.219 e. The number of carbonyl (C=O) groups excluding carboxylic acids is 1. The van der Waals surface area contributed by atoms with E-state index in [0.717, 1.165) is 45.1 Å². The van der Waals surface area contributed by atoms with Crippen molar-refractivity contribution in [2.24, 2.45) is 5.41 Å². The number of hydrogen-bond donors (Lipinski definition) is 3. The van der Waals surface area contributed by atoms with E-state index in [2.05, 4.69) is 34.2 Å². The van der Waals surface area contributed by atoms with Crippen LogP contribution in [0.2, 0.25) is 0 Å². The summed E-state index contributed by atoms with van der Waals surface area (Å²) in [5, 5.41) is 23.8. The molecule has 9 heteroatoms. The number of carbonyl (C=O) groups is 1. The second kappa shape index (κ2) is 10.5. The Hall–Kier alpha value is -2.52. The van der Waals surface area contributed by atoms with E-state index in [9.17, 15) is 9.90 Å². The second-order valence-electron chi connectivity index (χ2n) is 10.9. The van der Waals surface area contributed by atoms with E-state index in [-0.39, 0.29) is 35.2 Å². The molecule has 0 unspecified atom stereocenters. The highest BCUT2D eigenvalue weighted by molar-refractivity contribution is 6.18. The average molecular weight is 498 g/mol. The average Bonchev–Trinajstić information content (AvgIpc) is 3.53. The largest absolute Gasteiger partial charge is 0.504 e. The lowest BCUT2D eigenvalue weighted by molar-refractivity contribution is -0.128. The van der Waals surface area contributed by atoms with Crippen LogP contribution in [-0.4, -0.2) is 76.5 Å². The molecule has 1 aromatic rings. The number of nitrogens with one attached hydrogen (secondary N) is 2. The fourth-order valence-electron chi connectivity index (χ4n) is 6.42. The third kappa shape index (κ3) is 4.87. The number of likely N-dealkylation sites (N-methyl/N-ethyl adjacent to an activating group) is 1. The van der Waals surface area contributed by atoms with Gasteiger partial charge in [0.15, 0.2) is 11.6 Å². The minimum atomic E-state index is -0.766. The van der Waals surface area contributed by atoms with Crippen molar-refractivity contribution in [1.29, 1.82) is 5.41 Å². The Bertz CT molecular complexity index is 1030. The van der Waals surface area contributed by atoms with Crippen molar-refractivity contribution in [2.75, 3.05) is 32.1 Å². The van der Waals surface area contributed by atoms with E-state index in [1.54, 1.807) is 6.07 Å². The minimum Gasteiger partial charge on any atom is -0.504 e. The summed E-state index contributed by atoms with van der Waals surface area (Å²) < 4.78 is 11.8. The monoisotopic (exact) mass is 497 g/mol. The lowest BCUT2D eigenvalue weighted by Crippen LogP contribution is -2.44. The van der Waals surface area contributed by atoms with Crippen molar-refractivity contribution < 1.29 is 19.4 Å². The summed E-state index contributed by atoms with van der Waals surface area (Å²) in [6, 6.07) is 2.22. The topological polar surface area (TPSA) is 121 Å². The number of aliphatic hydroxyl groups is 1. The quantitative estimate of drug-likeness (QED) is 0.502. The van der Waals surface area contributed by atoms with E-state index in [4.69, 9.17) is 14.9 Å². The van der Waals surface area contributed by atoms with Gasteiger partial charge in [-0.05, 0) is 71.9 Å². The fraction of sp³-hybridized carbons (Fsp3) is 0.704. The Labute approximate surface area is 213 Å². The Morgan fingerprint density at radius 1 is 1.25 bits per heavy atom. The number of hydrogen-bond acceptors (Lipinski definition) is 9. The van der Waals surface area contributed by atoms with Gasteiger partial charge < -0.3 is 25.3 Å². The molecule has 4 fully saturated rings. The van der Waals surface area contributed by atoms with Crippen LogP contribution in [0.25, 0.3) is 5.76 Å². The molecule has 4 atom stereocenters. The zero-order chi connectivity index (χ0) is 25.3. The first-order valence-electron chi connectivity index (χ1n) is 13.5. The summed E-state index contributed by atoms with van der Waals surface area (Å²) in [4.78, 5) is 24.5. The maximum absolute atomic E-state index is 12.9. The van der Waals surface area contributed by atoms with Gasteiger partial charge in [-0.25, -0.2) is 4.98 Å². The second-order valence-corrected chi connectivity index (χ2v) is 10.9. The number of Topliss-reactive ketones (excluding diaryl/α,β-unsaturated/α-hetero) is 1. The summed E-state index contributed by atoms with van der Waals surface area (Å²) in [5.74, 6) is 1.13. The molecule has 1 spiro atoms. The summed E-state index contributed by atoms with van der Waals surface area (Å²) in [7, 11) is 2.11. The summed E-state index contributed by atoms with van der Waals surface area (Å²) in [6.07, 6.45) is 8.03. The van der Waals surface area contributed by atoms with Crippen molar-refractivity contribution in [1.82, 2.24) is 14.9 Å². The molecule has 36 heavy (non-hydrogen) atoms. The molecule has 4 aliphatic rings. The zero-order valence-electron chi connectivity index (χ0n) is 21.5. The third-order valence-corrected chi connectivity index (χ3v) is 8.51. The number of aromatic nitrogens is 2. The van der Waals surface area contributed by atoms with Crippen molar-refractivity contribution in [3.8, 4) is 5.88 Å². The number of aliphatic hydroxyl groups excluding tert-OH is 1. The van der Waals surface area contributed by atoms with Gasteiger partial charge in [-0.1, -0.05) is 6.42 Å². The Morgan fingerprint density at radius 2 is 2.08 bits per heavy atom. The molecule has 3 N–H and O–H groups in total. The SMILES string of the molecule is C[C@H](Oc1cc(N[C@H]2CCOC2)nc(/C(O)=C2\CCC[C@@]3(CCCCC3=O)C2=N)n1)[C@@H]1CCCN1C. The molecule has 0 bridgehead atoms. The van der Waals surface area contributed by atoms with Crippen molar-refractivity contribution in [2.45, 2.75) is 89.3 Å². The van der Waals surface area contributed by atoms with Crippen molar-refractivity contribution in [3.05, 3.63) is 17.5 Å². The summed E-state index contributed by atoms with van der Waals surface area (Å²) in [5.41, 5.74) is -0.0181. The van der Waals surface area contributed by atoms with Crippen LogP contribution in [0.4, 0.5) is 5.82 Å². The van der Waals surface area contributed by atoms with Crippen LogP contribution in [-0.2, 0) is 9.53 Å². The normalized spacial score (nSPS) is 31.6. The van der Waals surface area contributed by atoms with Crippen LogP contribution < -0.4 is 10.1 Å². The summed E-state index contributed by atoms with van der Waals surface area (Å²) in [6.45, 7) is 4.41. The highest BCUT2D eigenvalue weighted by Gasteiger charge is 2.47. The van der Waals surface area contributed by atoms with Gasteiger partial charge in [0.1, 0.15) is 17.7 Å². The number of ether oxygens (including phenoxy) is 2. The number of rotatable bonds is 6. The van der Waals surface area contributed by atoms with Crippen molar-refractivity contribution >= 4 is 23.1 Å². The molecule has 5 rings (SSSR count). The first-order chi connectivity index (χ1) is 17.4. The number of anilines is 1. The van der Waals surface area contributed by atoms with Gasteiger partial charge in [0.25, 0.3) is 0 Å². The lowest BCUT2D eigenvalue weighted by atomic mass is 9.62. The first kappa shape index (κ1) is 25.1. The highest BCUT2D eigenvalue weighted by atomic mass is 16.5. The predicted molar refractivity (Wildman–Crippen MR) is 138 cm³/mol. The molecule has 2 aliphatic carbocycles. The van der Waals surface area contributed by atoms with Crippen LogP contribution in [0.1, 0.15) is 77.0 Å². The fourth-order valence-corrected chi connectivity index (χ4v) is 6.42. The molecular formula is C27H39N5O4. The number of likely N-dealkylation sites (tertiary alicyclic amines) is 1. The van der Waals surface area contributed by atoms with Gasteiger partial charge in [-0.3, -0.25) is 9.69 Å². The Morgan fingerprint density at radius 3 is 2.81 bits per heavy atom. The maximum Gasteiger partial charge on any atom is 0.219 e. The van der Waals surface area contributed by atoms with Gasteiger partial charge in [-0.2, -0.15) is 4.98 Å². The molecule has 9 nitrogen and oxygen atoms in total. The minimum absolute atomic E-state index is 0.0752. The van der Waals surface area contributed by atoms with Crippen LogP contribution in [0, 0.1) is 10.8 Å². The molecule has 3 heterocycles. The maximum atomic E-state index is 12.9. The molecular weight excluding hydrogens is 458 g/mol. The van der Waals surface area contributed by atoms with Crippen LogP contribution in [0.15, 0.2) is 11.6 Å². The summed E-state index contributed by atoms with van der Waals surface area (Å²) >= 11 is 0. The molecule has 2 aliphatic heterocycles. The Kier molecular flexibility index (Phi) is 7.30. The van der Waals surface area contributed by atoms with Crippen LogP contribution in [0.5, 0.6) is 5.88 Å². The van der Waals surface area contributed by atoms with E-state index in [1.165, 1.54) is 0 Å². The molecule has 196 valence electrons. The van der Waals surface area contributed by atoms with E-state index in [1.807, 2.05) is 0 Å². The molecule has 2 saturated heterocycles. The van der Waals surface area contributed by atoms with E-state index < -0.39 is 5.41 Å². The van der Waals surface area contributed by atoms with E-state index >= 15 is 0 Å². The van der Waals surface area contributed by atoms with Gasteiger partial charge >= 0.3 is 0 Å². The number of ketones is 1. The highest BCUT2D eigenvalue weighted by Crippen LogP contribution is 2.46. The number of allylic oxidation sites excluding steroid dienone is 1. The van der Waals surface area contributed by atoms with Gasteiger partial charge in [0, 0.05) is 30.7 Å². The van der Waals surface area contributed by atoms with Gasteiger partial charge in [0.05, 0.1) is 23.8 Å². The van der Waals surface area contributed by atoms with Gasteiger partial charge in [0.2, 0.25) is 5.88 Å². The molecule has 0 radical (unpaired) electrons. The van der Waals surface area contributed by atoms with Crippen LogP contribution in [0.3, 0.4) is 0 Å². The van der Waals surface area contributed by atoms with Gasteiger partial charge in [-0.15, -0.1) is 0 Å². The van der Waals surface area contributed by atoms with Crippen LogP contribution >= 0.6 is 0 Å². The number of nitrogens with zero attached hydrogens (tertiary/aromatic N) is 3. The molecule has 0 amide bonds. The van der Waals surface area contributed by atoms with E-state index in [0.29, 0.717) is 62.2 Å². The third-order valence-electron chi connectivity index (χ3n) is 8.51. The Balaban J connectivity index is 1.47. The predicted octanol–water partition coefficient (Wildman–Crippen LogP) is 4.14. The van der Waals surface area contributed by atoms with Crippen molar-refractivity contribution in [3.63, 3.8) is 0 Å². The molecule has 2 saturated carbocycles.